The Morgan fingerprint density at radius 2 is 1.88 bits per heavy atom. The van der Waals surface area contributed by atoms with Crippen molar-refractivity contribution in [1.82, 2.24) is 10.3 Å². The number of aromatic nitrogens is 1. The number of thiazole rings is 1. The molecule has 2 heterocycles. The summed E-state index contributed by atoms with van der Waals surface area (Å²) in [5.41, 5.74) is 0.976. The Kier molecular flexibility index (Phi) is 7.02. The van der Waals surface area contributed by atoms with Crippen LogP contribution in [0.5, 0.6) is 0 Å². The molecule has 0 unspecified atom stereocenters. The average molecular weight is 473 g/mol. The topological polar surface area (TPSA) is 66.5 Å². The third kappa shape index (κ3) is 4.90. The SMILES string of the molecule is COC[C@](C)(c1ccccc1)c1csc(NC(=O)c2c(F)cc(N3CCNCC3)cc2F)n1. The molecule has 1 aromatic heterocycles. The van der Waals surface area contributed by atoms with Crippen LogP contribution in [0.25, 0.3) is 0 Å². The van der Waals surface area contributed by atoms with Crippen molar-refractivity contribution < 1.29 is 18.3 Å². The number of anilines is 2. The van der Waals surface area contributed by atoms with Crippen LogP contribution in [0, 0.1) is 11.6 Å². The number of nitrogens with zero attached hydrogens (tertiary/aromatic N) is 2. The molecule has 1 aliphatic rings. The molecule has 0 bridgehead atoms. The lowest BCUT2D eigenvalue weighted by Crippen LogP contribution is -2.43. The van der Waals surface area contributed by atoms with Crippen molar-refractivity contribution in [2.75, 3.05) is 50.1 Å². The maximum absolute atomic E-state index is 14.8. The predicted molar refractivity (Wildman–Crippen MR) is 126 cm³/mol. The Hall–Kier alpha value is -2.88. The Morgan fingerprint density at radius 1 is 1.21 bits per heavy atom. The highest BCUT2D eigenvalue weighted by atomic mass is 32.1. The van der Waals surface area contributed by atoms with Gasteiger partial charge in [-0.1, -0.05) is 30.3 Å². The van der Waals surface area contributed by atoms with E-state index in [2.05, 4.69) is 15.6 Å². The second kappa shape index (κ2) is 9.94. The summed E-state index contributed by atoms with van der Waals surface area (Å²) in [5.74, 6) is -2.66. The van der Waals surface area contributed by atoms with E-state index in [0.29, 0.717) is 31.1 Å². The lowest BCUT2D eigenvalue weighted by atomic mass is 9.81. The van der Waals surface area contributed by atoms with E-state index in [1.807, 2.05) is 47.5 Å². The van der Waals surface area contributed by atoms with E-state index in [1.165, 1.54) is 23.5 Å². The summed E-state index contributed by atoms with van der Waals surface area (Å²) >= 11 is 1.20. The van der Waals surface area contributed by atoms with Crippen LogP contribution in [0.1, 0.15) is 28.5 Å². The molecule has 0 radical (unpaired) electrons. The van der Waals surface area contributed by atoms with Crippen molar-refractivity contribution in [3.63, 3.8) is 0 Å². The number of piperazine rings is 1. The van der Waals surface area contributed by atoms with Crippen molar-refractivity contribution in [2.45, 2.75) is 12.3 Å². The molecule has 33 heavy (non-hydrogen) atoms. The first kappa shape index (κ1) is 23.3. The van der Waals surface area contributed by atoms with Gasteiger partial charge in [-0.2, -0.15) is 0 Å². The number of benzene rings is 2. The molecule has 1 amide bonds. The van der Waals surface area contributed by atoms with Crippen LogP contribution in [-0.2, 0) is 10.2 Å². The fourth-order valence-electron chi connectivity index (χ4n) is 4.03. The summed E-state index contributed by atoms with van der Waals surface area (Å²) < 4.78 is 35.0. The number of carbonyl (C=O) groups is 1. The Bertz CT molecular complexity index is 1100. The molecule has 2 aromatic carbocycles. The zero-order chi connectivity index (χ0) is 23.4. The number of halogens is 2. The van der Waals surface area contributed by atoms with Crippen molar-refractivity contribution >= 4 is 28.1 Å². The summed E-state index contributed by atoms with van der Waals surface area (Å²) in [7, 11) is 1.62. The van der Waals surface area contributed by atoms with Crippen LogP contribution in [0.15, 0.2) is 47.8 Å². The normalized spacial score (nSPS) is 15.8. The van der Waals surface area contributed by atoms with Crippen LogP contribution in [0.3, 0.4) is 0 Å². The lowest BCUT2D eigenvalue weighted by Gasteiger charge is -2.29. The van der Waals surface area contributed by atoms with Gasteiger partial charge in [0.25, 0.3) is 5.91 Å². The maximum atomic E-state index is 14.8. The third-order valence-electron chi connectivity index (χ3n) is 5.87. The summed E-state index contributed by atoms with van der Waals surface area (Å²) in [6, 6.07) is 12.2. The van der Waals surface area contributed by atoms with Crippen LogP contribution in [0.2, 0.25) is 0 Å². The zero-order valence-corrected chi connectivity index (χ0v) is 19.3. The first-order chi connectivity index (χ1) is 15.9. The second-order valence-electron chi connectivity index (χ2n) is 8.14. The van der Waals surface area contributed by atoms with E-state index in [9.17, 15) is 13.6 Å². The molecule has 1 fully saturated rings. The van der Waals surface area contributed by atoms with Crippen LogP contribution >= 0.6 is 11.3 Å². The molecule has 0 spiro atoms. The highest BCUT2D eigenvalue weighted by Crippen LogP contribution is 2.34. The van der Waals surface area contributed by atoms with Gasteiger partial charge in [-0.25, -0.2) is 13.8 Å². The minimum absolute atomic E-state index is 0.262. The van der Waals surface area contributed by atoms with Gasteiger partial charge in [-0.3, -0.25) is 10.1 Å². The molecular weight excluding hydrogens is 446 g/mol. The standard InChI is InChI=1S/C24H26F2N4O2S/c1-24(15-32-2,16-6-4-3-5-7-16)20-14-33-23(28-20)29-22(31)21-18(25)12-17(13-19(21)26)30-10-8-27-9-11-30/h3-7,12-14,27H,8-11,15H2,1-2H3,(H,28,29,31)/t24-/m1/s1. The second-order valence-corrected chi connectivity index (χ2v) is 9.00. The van der Waals surface area contributed by atoms with Gasteiger partial charge < -0.3 is 15.0 Å². The van der Waals surface area contributed by atoms with E-state index in [0.717, 1.165) is 18.7 Å². The van der Waals surface area contributed by atoms with Crippen molar-refractivity contribution in [3.05, 3.63) is 76.3 Å². The molecule has 4 rings (SSSR count). The van der Waals surface area contributed by atoms with Crippen molar-refractivity contribution in [1.29, 1.82) is 0 Å². The number of amides is 1. The summed E-state index contributed by atoms with van der Waals surface area (Å²) in [5, 5.41) is 7.83. The van der Waals surface area contributed by atoms with E-state index < -0.39 is 28.5 Å². The van der Waals surface area contributed by atoms with E-state index in [4.69, 9.17) is 4.74 Å². The van der Waals surface area contributed by atoms with Gasteiger partial charge in [0, 0.05) is 44.4 Å². The molecule has 3 aromatic rings. The third-order valence-corrected chi connectivity index (χ3v) is 6.63. The molecule has 6 nitrogen and oxygen atoms in total. The van der Waals surface area contributed by atoms with Gasteiger partial charge in [0.2, 0.25) is 0 Å². The molecule has 1 saturated heterocycles. The molecule has 1 aliphatic heterocycles. The minimum Gasteiger partial charge on any atom is -0.383 e. The van der Waals surface area contributed by atoms with E-state index in [-0.39, 0.29) is 5.13 Å². The van der Waals surface area contributed by atoms with Crippen LogP contribution in [0.4, 0.5) is 19.6 Å². The Balaban J connectivity index is 1.55. The zero-order valence-electron chi connectivity index (χ0n) is 18.5. The van der Waals surface area contributed by atoms with E-state index >= 15 is 0 Å². The molecular formula is C24H26F2N4O2S. The van der Waals surface area contributed by atoms with Crippen LogP contribution < -0.4 is 15.5 Å². The predicted octanol–water partition coefficient (Wildman–Crippen LogP) is 4.04. The number of rotatable bonds is 7. The monoisotopic (exact) mass is 472 g/mol. The van der Waals surface area contributed by atoms with Crippen LogP contribution in [-0.4, -0.2) is 50.8 Å². The van der Waals surface area contributed by atoms with Gasteiger partial charge in [-0.05, 0) is 24.6 Å². The molecule has 1 atom stereocenters. The van der Waals surface area contributed by atoms with Gasteiger partial charge in [0.15, 0.2) is 5.13 Å². The molecule has 0 saturated carbocycles. The number of hydrogen-bond acceptors (Lipinski definition) is 6. The van der Waals surface area contributed by atoms with Gasteiger partial charge in [-0.15, -0.1) is 11.3 Å². The fraction of sp³-hybridized carbons (Fsp3) is 0.333. The molecule has 9 heteroatoms. The highest BCUT2D eigenvalue weighted by Gasteiger charge is 2.32. The summed E-state index contributed by atoms with van der Waals surface area (Å²) in [6.07, 6.45) is 0. The minimum atomic E-state index is -0.897. The number of methoxy groups -OCH3 is 1. The van der Waals surface area contributed by atoms with Gasteiger partial charge >= 0.3 is 0 Å². The van der Waals surface area contributed by atoms with Crippen molar-refractivity contribution in [3.8, 4) is 0 Å². The lowest BCUT2D eigenvalue weighted by molar-refractivity contribution is 0.101. The molecule has 174 valence electrons. The Labute approximate surface area is 195 Å². The number of hydrogen-bond donors (Lipinski definition) is 2. The summed E-state index contributed by atoms with van der Waals surface area (Å²) in [6.45, 7) is 5.15. The smallest absolute Gasteiger partial charge is 0.263 e. The number of nitrogens with one attached hydrogen (secondary N) is 2. The van der Waals surface area contributed by atoms with Gasteiger partial charge in [0.05, 0.1) is 17.7 Å². The van der Waals surface area contributed by atoms with E-state index in [1.54, 1.807) is 7.11 Å². The number of carbonyl (C=O) groups excluding carboxylic acids is 1. The largest absolute Gasteiger partial charge is 0.383 e. The summed E-state index contributed by atoms with van der Waals surface area (Å²) in [4.78, 5) is 19.2. The molecule has 2 N–H and O–H groups in total. The maximum Gasteiger partial charge on any atom is 0.263 e. The average Bonchev–Trinajstić information content (AvgIpc) is 3.29. The number of ether oxygens (including phenoxy) is 1. The van der Waals surface area contributed by atoms with Crippen molar-refractivity contribution in [2.24, 2.45) is 0 Å². The van der Waals surface area contributed by atoms with Gasteiger partial charge in [0.1, 0.15) is 17.2 Å². The fourth-order valence-corrected chi connectivity index (χ4v) is 4.87. The quantitative estimate of drug-likeness (QED) is 0.544. The highest BCUT2D eigenvalue weighted by molar-refractivity contribution is 7.14. The molecule has 0 aliphatic carbocycles. The Morgan fingerprint density at radius 3 is 2.52 bits per heavy atom. The first-order valence-electron chi connectivity index (χ1n) is 10.7. The first-order valence-corrected chi connectivity index (χ1v) is 11.6.